The Kier molecular flexibility index (Phi) is 4.42. The summed E-state index contributed by atoms with van der Waals surface area (Å²) in [5.74, 6) is 0. The van der Waals surface area contributed by atoms with Gasteiger partial charge in [0, 0.05) is 25.8 Å². The Morgan fingerprint density at radius 1 is 1.47 bits per heavy atom. The van der Waals surface area contributed by atoms with E-state index in [1.54, 1.807) is 19.2 Å². The van der Waals surface area contributed by atoms with Gasteiger partial charge in [-0.15, -0.1) is 0 Å². The summed E-state index contributed by atoms with van der Waals surface area (Å²) in [6.45, 7) is 2.78. The van der Waals surface area contributed by atoms with E-state index in [0.717, 1.165) is 32.2 Å². The van der Waals surface area contributed by atoms with Crippen LogP contribution in [0.4, 0.5) is 5.69 Å². The Hall–Kier alpha value is -1.14. The number of sulfonamides is 1. The van der Waals surface area contributed by atoms with E-state index in [4.69, 9.17) is 0 Å². The van der Waals surface area contributed by atoms with Gasteiger partial charge in [0.15, 0.2) is 5.03 Å². The molecule has 1 N–H and O–H groups in total. The number of hydrogen-bond donors (Lipinski definition) is 1. The molecule has 1 aliphatic carbocycles. The van der Waals surface area contributed by atoms with E-state index < -0.39 is 10.0 Å². The van der Waals surface area contributed by atoms with Crippen molar-refractivity contribution in [3.63, 3.8) is 0 Å². The van der Waals surface area contributed by atoms with Crippen LogP contribution in [0, 0.1) is 0 Å². The maximum absolute atomic E-state index is 12.6. The van der Waals surface area contributed by atoms with Crippen LogP contribution in [0.2, 0.25) is 0 Å². The second-order valence-corrected chi connectivity index (χ2v) is 6.80. The van der Waals surface area contributed by atoms with Gasteiger partial charge in [-0.3, -0.25) is 0 Å². The minimum Gasteiger partial charge on any atom is -0.383 e. The molecule has 2 rings (SSSR count). The van der Waals surface area contributed by atoms with Crippen molar-refractivity contribution in [3.05, 3.63) is 18.3 Å². The third-order valence-corrected chi connectivity index (χ3v) is 5.42. The number of anilines is 1. The normalized spacial score (nSPS) is 16.4. The van der Waals surface area contributed by atoms with Gasteiger partial charge < -0.3 is 5.32 Å². The molecular formula is C13H21N3O2S. The SMILES string of the molecule is CCCNc1cccnc1S(=O)(=O)N(C)C1CCC1. The number of pyridine rings is 1. The van der Waals surface area contributed by atoms with E-state index in [9.17, 15) is 8.42 Å². The van der Waals surface area contributed by atoms with Crippen LogP contribution in [-0.4, -0.2) is 37.3 Å². The van der Waals surface area contributed by atoms with Crippen LogP contribution in [0.15, 0.2) is 23.4 Å². The molecule has 1 saturated carbocycles. The molecular weight excluding hydrogens is 262 g/mol. The van der Waals surface area contributed by atoms with Crippen LogP contribution in [0.1, 0.15) is 32.6 Å². The minimum atomic E-state index is -3.50. The molecule has 0 saturated heterocycles. The summed E-state index contributed by atoms with van der Waals surface area (Å²) < 4.78 is 26.6. The monoisotopic (exact) mass is 283 g/mol. The summed E-state index contributed by atoms with van der Waals surface area (Å²) in [7, 11) is -1.85. The van der Waals surface area contributed by atoms with E-state index in [2.05, 4.69) is 10.3 Å². The topological polar surface area (TPSA) is 62.3 Å². The third-order valence-electron chi connectivity index (χ3n) is 3.55. The first-order valence-corrected chi connectivity index (χ1v) is 8.18. The Morgan fingerprint density at radius 2 is 2.21 bits per heavy atom. The Morgan fingerprint density at radius 3 is 2.79 bits per heavy atom. The molecule has 0 atom stereocenters. The van der Waals surface area contributed by atoms with Crippen molar-refractivity contribution < 1.29 is 8.42 Å². The third kappa shape index (κ3) is 2.90. The summed E-state index contributed by atoms with van der Waals surface area (Å²) in [5.41, 5.74) is 0.593. The number of rotatable bonds is 6. The lowest BCUT2D eigenvalue weighted by Crippen LogP contribution is -2.41. The molecule has 1 aromatic rings. The van der Waals surface area contributed by atoms with E-state index in [0.29, 0.717) is 5.69 Å². The quantitative estimate of drug-likeness (QED) is 0.868. The van der Waals surface area contributed by atoms with Gasteiger partial charge in [-0.1, -0.05) is 13.3 Å². The highest BCUT2D eigenvalue weighted by Crippen LogP contribution is 2.30. The van der Waals surface area contributed by atoms with Gasteiger partial charge in [-0.25, -0.2) is 13.4 Å². The molecule has 106 valence electrons. The van der Waals surface area contributed by atoms with Crippen molar-refractivity contribution in [1.82, 2.24) is 9.29 Å². The molecule has 1 aliphatic rings. The van der Waals surface area contributed by atoms with Crippen LogP contribution < -0.4 is 5.32 Å². The van der Waals surface area contributed by atoms with E-state index in [1.165, 1.54) is 10.5 Å². The van der Waals surface area contributed by atoms with Crippen molar-refractivity contribution in [3.8, 4) is 0 Å². The van der Waals surface area contributed by atoms with Gasteiger partial charge in [-0.2, -0.15) is 4.31 Å². The molecule has 1 aromatic heterocycles. The molecule has 6 heteroatoms. The van der Waals surface area contributed by atoms with Crippen molar-refractivity contribution in [1.29, 1.82) is 0 Å². The van der Waals surface area contributed by atoms with Crippen molar-refractivity contribution in [2.24, 2.45) is 0 Å². The van der Waals surface area contributed by atoms with Crippen LogP contribution in [-0.2, 0) is 10.0 Å². The predicted octanol–water partition coefficient (Wildman–Crippen LogP) is 2.08. The predicted molar refractivity (Wildman–Crippen MR) is 75.6 cm³/mol. The molecule has 1 fully saturated rings. The van der Waals surface area contributed by atoms with E-state index in [-0.39, 0.29) is 11.1 Å². The molecule has 0 amide bonds. The zero-order valence-electron chi connectivity index (χ0n) is 11.5. The average Bonchev–Trinajstić information content (AvgIpc) is 2.34. The van der Waals surface area contributed by atoms with Gasteiger partial charge in [0.2, 0.25) is 0 Å². The second kappa shape index (κ2) is 5.88. The summed E-state index contributed by atoms with van der Waals surface area (Å²) in [5, 5.41) is 3.27. The second-order valence-electron chi connectivity index (χ2n) is 4.89. The number of nitrogens with zero attached hydrogens (tertiary/aromatic N) is 2. The zero-order chi connectivity index (χ0) is 13.9. The summed E-state index contributed by atoms with van der Waals surface area (Å²) in [6, 6.07) is 3.65. The number of hydrogen-bond acceptors (Lipinski definition) is 4. The highest BCUT2D eigenvalue weighted by atomic mass is 32.2. The smallest absolute Gasteiger partial charge is 0.262 e. The Bertz CT molecular complexity index is 526. The van der Waals surface area contributed by atoms with Crippen LogP contribution in [0.3, 0.4) is 0 Å². The number of nitrogens with one attached hydrogen (secondary N) is 1. The van der Waals surface area contributed by atoms with Crippen molar-refractivity contribution in [2.45, 2.75) is 43.7 Å². The summed E-state index contributed by atoms with van der Waals surface area (Å²) >= 11 is 0. The molecule has 0 bridgehead atoms. The molecule has 5 nitrogen and oxygen atoms in total. The lowest BCUT2D eigenvalue weighted by atomic mass is 9.94. The van der Waals surface area contributed by atoms with Crippen molar-refractivity contribution >= 4 is 15.7 Å². The molecule has 0 aliphatic heterocycles. The van der Waals surface area contributed by atoms with Crippen LogP contribution in [0.25, 0.3) is 0 Å². The van der Waals surface area contributed by atoms with E-state index >= 15 is 0 Å². The fourth-order valence-corrected chi connectivity index (χ4v) is 3.56. The summed E-state index contributed by atoms with van der Waals surface area (Å²) in [6.07, 6.45) is 5.46. The minimum absolute atomic E-state index is 0.131. The standard InChI is InChI=1S/C13H21N3O2S/c1-3-9-14-12-8-5-10-15-13(12)19(17,18)16(2)11-6-4-7-11/h5,8,10-11,14H,3-4,6-7,9H2,1-2H3. The highest BCUT2D eigenvalue weighted by molar-refractivity contribution is 7.89. The van der Waals surface area contributed by atoms with Crippen molar-refractivity contribution in [2.75, 3.05) is 18.9 Å². The summed E-state index contributed by atoms with van der Waals surface area (Å²) in [4.78, 5) is 4.07. The van der Waals surface area contributed by atoms with Gasteiger partial charge in [0.25, 0.3) is 10.0 Å². The first-order chi connectivity index (χ1) is 9.07. The molecule has 0 unspecified atom stereocenters. The van der Waals surface area contributed by atoms with Crippen LogP contribution >= 0.6 is 0 Å². The maximum Gasteiger partial charge on any atom is 0.262 e. The van der Waals surface area contributed by atoms with Gasteiger partial charge in [-0.05, 0) is 31.4 Å². The molecule has 19 heavy (non-hydrogen) atoms. The molecule has 0 radical (unpaired) electrons. The molecule has 0 aromatic carbocycles. The maximum atomic E-state index is 12.6. The molecule has 1 heterocycles. The van der Waals surface area contributed by atoms with Gasteiger partial charge in [0.05, 0.1) is 5.69 Å². The Labute approximate surface area is 115 Å². The number of aromatic nitrogens is 1. The van der Waals surface area contributed by atoms with Gasteiger partial charge in [0.1, 0.15) is 0 Å². The van der Waals surface area contributed by atoms with E-state index in [1.807, 2.05) is 6.92 Å². The largest absolute Gasteiger partial charge is 0.383 e. The lowest BCUT2D eigenvalue weighted by Gasteiger charge is -2.33. The van der Waals surface area contributed by atoms with Gasteiger partial charge >= 0.3 is 0 Å². The fraction of sp³-hybridized carbons (Fsp3) is 0.615. The average molecular weight is 283 g/mol. The molecule has 0 spiro atoms. The highest BCUT2D eigenvalue weighted by Gasteiger charge is 2.33. The first kappa shape index (κ1) is 14.3. The lowest BCUT2D eigenvalue weighted by molar-refractivity contribution is 0.249. The first-order valence-electron chi connectivity index (χ1n) is 6.74. The fourth-order valence-electron chi connectivity index (χ4n) is 2.07. The zero-order valence-corrected chi connectivity index (χ0v) is 12.3. The van der Waals surface area contributed by atoms with Crippen LogP contribution in [0.5, 0.6) is 0 Å². The Balaban J connectivity index is 2.28.